The highest BCUT2D eigenvalue weighted by molar-refractivity contribution is 5.80. The van der Waals surface area contributed by atoms with E-state index in [1.807, 2.05) is 65.2 Å². The summed E-state index contributed by atoms with van der Waals surface area (Å²) >= 11 is 0. The fourth-order valence-corrected chi connectivity index (χ4v) is 2.72. The van der Waals surface area contributed by atoms with Gasteiger partial charge >= 0.3 is 5.97 Å². The van der Waals surface area contributed by atoms with E-state index >= 15 is 0 Å². The first-order valence-electron chi connectivity index (χ1n) is 7.61. The SMILES string of the molecule is COCn1c(CC(=O)O)nc(-c2ccccc2)c1-c1ccccc1. The third-order valence-electron chi connectivity index (χ3n) is 3.71. The number of benzene rings is 2. The van der Waals surface area contributed by atoms with Crippen molar-refractivity contribution in [2.24, 2.45) is 0 Å². The van der Waals surface area contributed by atoms with Crippen LogP contribution >= 0.6 is 0 Å². The van der Waals surface area contributed by atoms with Gasteiger partial charge in [-0.3, -0.25) is 4.79 Å². The van der Waals surface area contributed by atoms with Crippen molar-refractivity contribution < 1.29 is 14.6 Å². The standard InChI is InChI=1S/C19H18N2O3/c1-24-13-21-16(12-17(22)23)20-18(14-8-4-2-5-9-14)19(21)15-10-6-3-7-11-15/h2-11H,12-13H2,1H3,(H,22,23). The zero-order valence-corrected chi connectivity index (χ0v) is 13.3. The number of carboxylic acids is 1. The van der Waals surface area contributed by atoms with Gasteiger partial charge < -0.3 is 14.4 Å². The number of ether oxygens (including phenoxy) is 1. The van der Waals surface area contributed by atoms with Gasteiger partial charge in [0, 0.05) is 18.2 Å². The molecule has 1 N–H and O–H groups in total. The summed E-state index contributed by atoms with van der Waals surface area (Å²) in [5.41, 5.74) is 3.53. The van der Waals surface area contributed by atoms with E-state index in [9.17, 15) is 9.90 Å². The highest BCUT2D eigenvalue weighted by Crippen LogP contribution is 2.33. The van der Waals surface area contributed by atoms with Gasteiger partial charge in [-0.1, -0.05) is 60.7 Å². The highest BCUT2D eigenvalue weighted by atomic mass is 16.5. The van der Waals surface area contributed by atoms with Crippen molar-refractivity contribution in [2.75, 3.05) is 7.11 Å². The number of aliphatic carboxylic acids is 1. The van der Waals surface area contributed by atoms with Crippen molar-refractivity contribution in [3.63, 3.8) is 0 Å². The van der Waals surface area contributed by atoms with Crippen molar-refractivity contribution >= 4 is 5.97 Å². The lowest BCUT2D eigenvalue weighted by molar-refractivity contribution is -0.136. The number of rotatable bonds is 6. The molecule has 1 aromatic heterocycles. The van der Waals surface area contributed by atoms with Gasteiger partial charge in [-0.15, -0.1) is 0 Å². The number of carbonyl (C=O) groups is 1. The summed E-state index contributed by atoms with van der Waals surface area (Å²) in [5.74, 6) is -0.446. The summed E-state index contributed by atoms with van der Waals surface area (Å²) < 4.78 is 7.12. The smallest absolute Gasteiger partial charge is 0.311 e. The molecular weight excluding hydrogens is 304 g/mol. The Morgan fingerprint density at radius 2 is 1.62 bits per heavy atom. The van der Waals surface area contributed by atoms with E-state index in [1.165, 1.54) is 0 Å². The number of nitrogens with zero attached hydrogens (tertiary/aromatic N) is 2. The average Bonchev–Trinajstić information content (AvgIpc) is 2.94. The maximum atomic E-state index is 11.2. The fourth-order valence-electron chi connectivity index (χ4n) is 2.72. The predicted molar refractivity (Wildman–Crippen MR) is 91.4 cm³/mol. The Bertz CT molecular complexity index is 827. The molecule has 0 saturated carbocycles. The molecule has 0 saturated heterocycles. The van der Waals surface area contributed by atoms with E-state index in [0.29, 0.717) is 5.82 Å². The zero-order chi connectivity index (χ0) is 16.9. The molecule has 0 spiro atoms. The third kappa shape index (κ3) is 3.21. The first-order chi connectivity index (χ1) is 11.7. The Balaban J connectivity index is 2.25. The maximum Gasteiger partial charge on any atom is 0.311 e. The van der Waals surface area contributed by atoms with Crippen LogP contribution in [0.4, 0.5) is 0 Å². The van der Waals surface area contributed by atoms with Gasteiger partial charge in [-0.05, 0) is 0 Å². The molecule has 0 unspecified atom stereocenters. The molecule has 0 aliphatic heterocycles. The van der Waals surface area contributed by atoms with Crippen LogP contribution in [-0.4, -0.2) is 27.7 Å². The predicted octanol–water partition coefficient (Wildman–Crippen LogP) is 3.45. The van der Waals surface area contributed by atoms with Crippen LogP contribution in [0, 0.1) is 0 Å². The molecule has 3 rings (SSSR count). The molecule has 5 nitrogen and oxygen atoms in total. The molecule has 0 aliphatic carbocycles. The van der Waals surface area contributed by atoms with Crippen molar-refractivity contribution in [3.05, 3.63) is 66.5 Å². The van der Waals surface area contributed by atoms with Crippen molar-refractivity contribution in [1.29, 1.82) is 0 Å². The summed E-state index contributed by atoms with van der Waals surface area (Å²) in [6.45, 7) is 0.243. The molecule has 3 aromatic rings. The van der Waals surface area contributed by atoms with Crippen LogP contribution in [0.25, 0.3) is 22.5 Å². The number of carboxylic acid groups (broad SMARTS) is 1. The summed E-state index contributed by atoms with van der Waals surface area (Å²) in [7, 11) is 1.58. The monoisotopic (exact) mass is 322 g/mol. The largest absolute Gasteiger partial charge is 0.481 e. The van der Waals surface area contributed by atoms with Crippen LogP contribution in [-0.2, 0) is 22.7 Å². The average molecular weight is 322 g/mol. The Morgan fingerprint density at radius 3 is 2.17 bits per heavy atom. The van der Waals surface area contributed by atoms with Crippen LogP contribution in [0.2, 0.25) is 0 Å². The van der Waals surface area contributed by atoms with Crippen LogP contribution in [0.3, 0.4) is 0 Å². The second kappa shape index (κ2) is 7.10. The first-order valence-corrected chi connectivity index (χ1v) is 7.61. The molecule has 0 aliphatic rings. The summed E-state index contributed by atoms with van der Waals surface area (Å²) in [4.78, 5) is 15.8. The summed E-state index contributed by atoms with van der Waals surface area (Å²) in [6, 6.07) is 19.6. The molecule has 0 fully saturated rings. The van der Waals surface area contributed by atoms with Gasteiger partial charge in [0.15, 0.2) is 0 Å². The lowest BCUT2D eigenvalue weighted by atomic mass is 10.0. The normalized spacial score (nSPS) is 10.7. The summed E-state index contributed by atoms with van der Waals surface area (Å²) in [5, 5.41) is 9.21. The topological polar surface area (TPSA) is 64.3 Å². The lowest BCUT2D eigenvalue weighted by Crippen LogP contribution is -2.11. The molecule has 0 amide bonds. The Labute approximate surface area is 140 Å². The quantitative estimate of drug-likeness (QED) is 0.755. The molecule has 122 valence electrons. The number of hydrogen-bond acceptors (Lipinski definition) is 3. The van der Waals surface area contributed by atoms with Gasteiger partial charge in [0.25, 0.3) is 0 Å². The second-order valence-corrected chi connectivity index (χ2v) is 5.37. The molecule has 1 heterocycles. The number of hydrogen-bond donors (Lipinski definition) is 1. The van der Waals surface area contributed by atoms with Gasteiger partial charge in [0.05, 0.1) is 11.4 Å². The minimum absolute atomic E-state index is 0.157. The van der Waals surface area contributed by atoms with Crippen molar-refractivity contribution in [1.82, 2.24) is 9.55 Å². The maximum absolute atomic E-state index is 11.2. The molecule has 0 radical (unpaired) electrons. The van der Waals surface area contributed by atoms with E-state index < -0.39 is 5.97 Å². The van der Waals surface area contributed by atoms with E-state index in [4.69, 9.17) is 4.74 Å². The minimum atomic E-state index is -0.920. The zero-order valence-electron chi connectivity index (χ0n) is 13.3. The molecule has 2 aromatic carbocycles. The summed E-state index contributed by atoms with van der Waals surface area (Å²) in [6.07, 6.45) is -0.157. The molecule has 5 heteroatoms. The Hall–Kier alpha value is -2.92. The lowest BCUT2D eigenvalue weighted by Gasteiger charge is -2.11. The third-order valence-corrected chi connectivity index (χ3v) is 3.71. The van der Waals surface area contributed by atoms with Crippen molar-refractivity contribution in [3.8, 4) is 22.5 Å². The van der Waals surface area contributed by atoms with Gasteiger partial charge in [-0.2, -0.15) is 0 Å². The van der Waals surface area contributed by atoms with E-state index in [1.54, 1.807) is 7.11 Å². The van der Waals surface area contributed by atoms with Gasteiger partial charge in [0.1, 0.15) is 19.0 Å². The number of aromatic nitrogens is 2. The van der Waals surface area contributed by atoms with Crippen LogP contribution in [0.5, 0.6) is 0 Å². The van der Waals surface area contributed by atoms with E-state index in [-0.39, 0.29) is 13.2 Å². The molecule has 0 bridgehead atoms. The molecule has 24 heavy (non-hydrogen) atoms. The van der Waals surface area contributed by atoms with Crippen molar-refractivity contribution in [2.45, 2.75) is 13.2 Å². The fraction of sp³-hybridized carbons (Fsp3) is 0.158. The Morgan fingerprint density at radius 1 is 1.04 bits per heavy atom. The van der Waals surface area contributed by atoms with Gasteiger partial charge in [-0.25, -0.2) is 4.98 Å². The van der Waals surface area contributed by atoms with E-state index in [0.717, 1.165) is 22.5 Å². The highest BCUT2D eigenvalue weighted by Gasteiger charge is 2.21. The molecule has 0 atom stereocenters. The minimum Gasteiger partial charge on any atom is -0.481 e. The number of methoxy groups -OCH3 is 1. The first kappa shape index (κ1) is 16.0. The van der Waals surface area contributed by atoms with E-state index in [2.05, 4.69) is 4.98 Å². The van der Waals surface area contributed by atoms with Crippen LogP contribution < -0.4 is 0 Å². The number of imidazole rings is 1. The Kier molecular flexibility index (Phi) is 4.72. The van der Waals surface area contributed by atoms with Crippen LogP contribution in [0.1, 0.15) is 5.82 Å². The molecular formula is C19H18N2O3. The van der Waals surface area contributed by atoms with Crippen LogP contribution in [0.15, 0.2) is 60.7 Å². The second-order valence-electron chi connectivity index (χ2n) is 5.37. The van der Waals surface area contributed by atoms with Gasteiger partial charge in [0.2, 0.25) is 0 Å².